The lowest BCUT2D eigenvalue weighted by atomic mass is 10.2. The van der Waals surface area contributed by atoms with E-state index in [1.807, 2.05) is 6.07 Å². The summed E-state index contributed by atoms with van der Waals surface area (Å²) in [5.41, 5.74) is 19.1. The standard InChI is InChI=1S/C13H9N7/c14-19-17-11-6-2-1-5-10(11)9-16-12-7-3-4-8-13(12)18-20-15/h1-9H. The van der Waals surface area contributed by atoms with Gasteiger partial charge in [-0.2, -0.15) is 0 Å². The summed E-state index contributed by atoms with van der Waals surface area (Å²) in [4.78, 5) is 9.78. The van der Waals surface area contributed by atoms with Crippen LogP contribution in [0.25, 0.3) is 20.9 Å². The van der Waals surface area contributed by atoms with Crippen molar-refractivity contribution in [3.8, 4) is 0 Å². The van der Waals surface area contributed by atoms with Crippen LogP contribution < -0.4 is 0 Å². The number of nitrogens with zero attached hydrogens (tertiary/aromatic N) is 7. The second kappa shape index (κ2) is 6.61. The van der Waals surface area contributed by atoms with Crippen LogP contribution in [-0.4, -0.2) is 6.21 Å². The van der Waals surface area contributed by atoms with Crippen LogP contribution in [0, 0.1) is 0 Å². The number of para-hydroxylation sites is 1. The highest BCUT2D eigenvalue weighted by molar-refractivity contribution is 5.89. The van der Waals surface area contributed by atoms with Crippen molar-refractivity contribution >= 4 is 23.3 Å². The zero-order chi connectivity index (χ0) is 14.2. The van der Waals surface area contributed by atoms with Crippen molar-refractivity contribution in [2.75, 3.05) is 0 Å². The van der Waals surface area contributed by atoms with E-state index in [1.165, 1.54) is 0 Å². The first-order valence-electron chi connectivity index (χ1n) is 5.67. The summed E-state index contributed by atoms with van der Waals surface area (Å²) >= 11 is 0. The van der Waals surface area contributed by atoms with Crippen molar-refractivity contribution in [1.82, 2.24) is 0 Å². The summed E-state index contributed by atoms with van der Waals surface area (Å²) in [6, 6.07) is 14.0. The second-order valence-corrected chi connectivity index (χ2v) is 3.68. The molecule has 0 spiro atoms. The van der Waals surface area contributed by atoms with Gasteiger partial charge in [0.15, 0.2) is 0 Å². The maximum atomic E-state index is 8.50. The van der Waals surface area contributed by atoms with E-state index in [4.69, 9.17) is 11.1 Å². The van der Waals surface area contributed by atoms with Gasteiger partial charge in [-0.1, -0.05) is 52.7 Å². The van der Waals surface area contributed by atoms with Crippen LogP contribution in [0.1, 0.15) is 5.56 Å². The van der Waals surface area contributed by atoms with Gasteiger partial charge in [-0.3, -0.25) is 4.99 Å². The number of azide groups is 2. The van der Waals surface area contributed by atoms with Crippen molar-refractivity contribution in [2.45, 2.75) is 0 Å². The van der Waals surface area contributed by atoms with E-state index >= 15 is 0 Å². The molecule has 0 fully saturated rings. The number of rotatable bonds is 4. The Morgan fingerprint density at radius 2 is 1.30 bits per heavy atom. The number of hydrogen-bond donors (Lipinski definition) is 0. The molecule has 0 bridgehead atoms. The minimum absolute atomic E-state index is 0.438. The van der Waals surface area contributed by atoms with Gasteiger partial charge in [-0.15, -0.1) is 0 Å². The maximum absolute atomic E-state index is 8.50. The van der Waals surface area contributed by atoms with Gasteiger partial charge in [0.05, 0.1) is 11.4 Å². The number of benzene rings is 2. The molecule has 0 heterocycles. The third-order valence-electron chi connectivity index (χ3n) is 2.47. The quantitative estimate of drug-likeness (QED) is 0.307. The highest BCUT2D eigenvalue weighted by Gasteiger charge is 1.98. The van der Waals surface area contributed by atoms with Crippen molar-refractivity contribution in [3.63, 3.8) is 0 Å². The van der Waals surface area contributed by atoms with Gasteiger partial charge in [-0.25, -0.2) is 0 Å². The Balaban J connectivity index is 2.40. The normalized spacial score (nSPS) is 9.80. The minimum Gasteiger partial charge on any atom is -0.256 e. The molecule has 2 aromatic rings. The molecule has 0 aliphatic heterocycles. The summed E-state index contributed by atoms with van der Waals surface area (Å²) in [5, 5.41) is 7.15. The highest BCUT2D eigenvalue weighted by Crippen LogP contribution is 2.27. The van der Waals surface area contributed by atoms with Gasteiger partial charge in [-0.05, 0) is 17.1 Å². The lowest BCUT2D eigenvalue weighted by Crippen LogP contribution is -1.80. The van der Waals surface area contributed by atoms with E-state index in [9.17, 15) is 0 Å². The molecule has 2 rings (SSSR count). The number of hydrogen-bond acceptors (Lipinski definition) is 3. The predicted octanol–water partition coefficient (Wildman–Crippen LogP) is 5.32. The van der Waals surface area contributed by atoms with Crippen LogP contribution in [0.2, 0.25) is 0 Å². The van der Waals surface area contributed by atoms with Gasteiger partial charge in [0.1, 0.15) is 0 Å². The zero-order valence-corrected chi connectivity index (χ0v) is 10.3. The smallest absolute Gasteiger partial charge is 0.0725 e. The van der Waals surface area contributed by atoms with E-state index in [-0.39, 0.29) is 0 Å². The van der Waals surface area contributed by atoms with E-state index in [1.54, 1.807) is 48.7 Å². The first-order chi connectivity index (χ1) is 9.85. The second-order valence-electron chi connectivity index (χ2n) is 3.68. The van der Waals surface area contributed by atoms with Crippen LogP contribution in [-0.2, 0) is 0 Å². The minimum atomic E-state index is 0.438. The van der Waals surface area contributed by atoms with E-state index < -0.39 is 0 Å². The van der Waals surface area contributed by atoms with Gasteiger partial charge in [0, 0.05) is 27.3 Å². The molecule has 0 aliphatic rings. The maximum Gasteiger partial charge on any atom is 0.0725 e. The van der Waals surface area contributed by atoms with Crippen LogP contribution in [0.5, 0.6) is 0 Å². The van der Waals surface area contributed by atoms with Crippen LogP contribution in [0.3, 0.4) is 0 Å². The van der Waals surface area contributed by atoms with Crippen LogP contribution in [0.4, 0.5) is 17.1 Å². The first kappa shape index (κ1) is 13.2. The summed E-state index contributed by atoms with van der Waals surface area (Å²) < 4.78 is 0. The molecule has 2 aromatic carbocycles. The molecule has 0 N–H and O–H groups in total. The molecule has 96 valence electrons. The van der Waals surface area contributed by atoms with Crippen molar-refractivity contribution in [2.24, 2.45) is 15.2 Å². The fourth-order valence-electron chi connectivity index (χ4n) is 1.58. The first-order valence-corrected chi connectivity index (χ1v) is 5.67. The van der Waals surface area contributed by atoms with Crippen LogP contribution >= 0.6 is 0 Å². The van der Waals surface area contributed by atoms with Crippen molar-refractivity contribution in [1.29, 1.82) is 0 Å². The predicted molar refractivity (Wildman–Crippen MR) is 77.8 cm³/mol. The molecule has 7 nitrogen and oxygen atoms in total. The average Bonchev–Trinajstić information content (AvgIpc) is 2.48. The summed E-state index contributed by atoms with van der Waals surface area (Å²) in [6.45, 7) is 0. The van der Waals surface area contributed by atoms with Gasteiger partial charge >= 0.3 is 0 Å². The topological polar surface area (TPSA) is 110 Å². The third kappa shape index (κ3) is 3.14. The largest absolute Gasteiger partial charge is 0.256 e. The Kier molecular flexibility index (Phi) is 4.35. The Morgan fingerprint density at radius 3 is 2.00 bits per heavy atom. The van der Waals surface area contributed by atoms with Gasteiger partial charge < -0.3 is 0 Å². The zero-order valence-electron chi connectivity index (χ0n) is 10.3. The Morgan fingerprint density at radius 1 is 0.750 bits per heavy atom. The molecule has 0 atom stereocenters. The summed E-state index contributed by atoms with van der Waals surface area (Å²) in [7, 11) is 0. The van der Waals surface area contributed by atoms with E-state index in [2.05, 4.69) is 25.0 Å². The SMILES string of the molecule is [N-]=[N+]=Nc1ccccc1C=Nc1ccccc1N=[N+]=[N-]. The van der Waals surface area contributed by atoms with E-state index in [0.29, 0.717) is 22.6 Å². The van der Waals surface area contributed by atoms with Crippen molar-refractivity contribution in [3.05, 3.63) is 75.0 Å². The molecule has 0 radical (unpaired) electrons. The lowest BCUT2D eigenvalue weighted by molar-refractivity contribution is 1.42. The third-order valence-corrected chi connectivity index (χ3v) is 2.47. The van der Waals surface area contributed by atoms with E-state index in [0.717, 1.165) is 0 Å². The number of aliphatic imine (C=N–C) groups is 1. The fourth-order valence-corrected chi connectivity index (χ4v) is 1.58. The monoisotopic (exact) mass is 263 g/mol. The molecule has 0 saturated carbocycles. The Labute approximate surface area is 114 Å². The molecule has 0 aliphatic carbocycles. The summed E-state index contributed by atoms with van der Waals surface area (Å²) in [5.74, 6) is 0. The molecular formula is C13H9N7. The molecule has 0 amide bonds. The highest BCUT2D eigenvalue weighted by atomic mass is 15.1. The molecule has 7 heteroatoms. The Bertz CT molecular complexity index is 674. The molecule has 20 heavy (non-hydrogen) atoms. The van der Waals surface area contributed by atoms with Gasteiger partial charge in [0.2, 0.25) is 0 Å². The Hall–Kier alpha value is -3.27. The molecular weight excluding hydrogens is 254 g/mol. The molecule has 0 aromatic heterocycles. The molecule has 0 saturated heterocycles. The summed E-state index contributed by atoms with van der Waals surface area (Å²) in [6.07, 6.45) is 1.57. The lowest BCUT2D eigenvalue weighted by Gasteiger charge is -2.00. The van der Waals surface area contributed by atoms with Crippen LogP contribution in [0.15, 0.2) is 63.8 Å². The van der Waals surface area contributed by atoms with Crippen molar-refractivity contribution < 1.29 is 0 Å². The molecule has 0 unspecified atom stereocenters. The average molecular weight is 263 g/mol. The van der Waals surface area contributed by atoms with Gasteiger partial charge in [0.25, 0.3) is 0 Å². The fraction of sp³-hybridized carbons (Fsp3) is 0.